The summed E-state index contributed by atoms with van der Waals surface area (Å²) in [5.41, 5.74) is 4.31. The van der Waals surface area contributed by atoms with Gasteiger partial charge in [0.05, 0.1) is 16.7 Å². The van der Waals surface area contributed by atoms with Crippen molar-refractivity contribution in [3.8, 4) is 17.1 Å². The zero-order valence-electron chi connectivity index (χ0n) is 16.0. The predicted molar refractivity (Wildman–Crippen MR) is 123 cm³/mol. The summed E-state index contributed by atoms with van der Waals surface area (Å²) in [6, 6.07) is 20.6. The van der Waals surface area contributed by atoms with Crippen molar-refractivity contribution in [2.24, 2.45) is 0 Å². The van der Waals surface area contributed by atoms with E-state index >= 15 is 0 Å². The van der Waals surface area contributed by atoms with E-state index in [0.717, 1.165) is 21.1 Å². The molecule has 0 saturated carbocycles. The van der Waals surface area contributed by atoms with E-state index in [0.29, 0.717) is 34.5 Å². The number of nitrogens with zero attached hydrogens (tertiary/aromatic N) is 2. The molecule has 5 nitrogen and oxygen atoms in total. The largest absolute Gasteiger partial charge is 0.471 e. The highest BCUT2D eigenvalue weighted by atomic mass is 79.9. The molecule has 7 heteroatoms. The SMILES string of the molecule is CC(=O)Nc1ccc(Br)cc1-c1nc2ccccc2nc1OCc1ccc(Cl)cc1. The number of benzene rings is 3. The van der Waals surface area contributed by atoms with Crippen molar-refractivity contribution < 1.29 is 9.53 Å². The van der Waals surface area contributed by atoms with Gasteiger partial charge in [-0.15, -0.1) is 0 Å². The minimum absolute atomic E-state index is 0.170. The van der Waals surface area contributed by atoms with Crippen molar-refractivity contribution in [1.29, 1.82) is 0 Å². The van der Waals surface area contributed by atoms with E-state index < -0.39 is 0 Å². The Kier molecular flexibility index (Phi) is 5.97. The quantitative estimate of drug-likeness (QED) is 0.365. The first-order valence-corrected chi connectivity index (χ1v) is 10.4. The second-order valence-electron chi connectivity index (χ2n) is 6.65. The summed E-state index contributed by atoms with van der Waals surface area (Å²) in [5, 5.41) is 3.52. The molecule has 0 aliphatic heterocycles. The highest BCUT2D eigenvalue weighted by molar-refractivity contribution is 9.10. The molecular formula is C23H17BrClN3O2. The molecule has 1 N–H and O–H groups in total. The van der Waals surface area contributed by atoms with Crippen molar-refractivity contribution >= 4 is 50.2 Å². The van der Waals surface area contributed by atoms with Gasteiger partial charge in [0.25, 0.3) is 0 Å². The molecule has 0 aliphatic rings. The number of carbonyl (C=O) groups excluding carboxylic acids is 1. The summed E-state index contributed by atoms with van der Waals surface area (Å²) in [5.74, 6) is 0.212. The molecule has 0 spiro atoms. The number of ether oxygens (including phenoxy) is 1. The maximum atomic E-state index is 11.7. The standard InChI is InChI=1S/C23H17BrClN3O2/c1-14(29)26-19-11-8-16(24)12-18(19)22-23(28-21-5-3-2-4-20(21)27-22)30-13-15-6-9-17(25)10-7-15/h2-12H,13H2,1H3,(H,26,29). The van der Waals surface area contributed by atoms with E-state index in [9.17, 15) is 4.79 Å². The zero-order chi connectivity index (χ0) is 21.1. The number of rotatable bonds is 5. The van der Waals surface area contributed by atoms with Gasteiger partial charge in [0, 0.05) is 22.0 Å². The number of aromatic nitrogens is 2. The normalized spacial score (nSPS) is 10.8. The molecule has 1 heterocycles. The minimum Gasteiger partial charge on any atom is -0.471 e. The van der Waals surface area contributed by atoms with E-state index in [-0.39, 0.29) is 5.91 Å². The number of hydrogen-bond donors (Lipinski definition) is 1. The van der Waals surface area contributed by atoms with Crippen molar-refractivity contribution in [3.63, 3.8) is 0 Å². The van der Waals surface area contributed by atoms with Crippen molar-refractivity contribution in [2.45, 2.75) is 13.5 Å². The third-order valence-corrected chi connectivity index (χ3v) is 5.12. The van der Waals surface area contributed by atoms with Gasteiger partial charge in [-0.2, -0.15) is 0 Å². The van der Waals surface area contributed by atoms with E-state index in [1.54, 1.807) is 0 Å². The lowest BCUT2D eigenvalue weighted by Gasteiger charge is -2.15. The van der Waals surface area contributed by atoms with Crippen LogP contribution in [0.5, 0.6) is 5.88 Å². The number of amides is 1. The Labute approximate surface area is 187 Å². The summed E-state index contributed by atoms with van der Waals surface area (Å²) < 4.78 is 6.93. The molecule has 1 amide bonds. The lowest BCUT2D eigenvalue weighted by atomic mass is 10.1. The number of nitrogens with one attached hydrogen (secondary N) is 1. The van der Waals surface area contributed by atoms with Crippen LogP contribution in [0.15, 0.2) is 71.2 Å². The van der Waals surface area contributed by atoms with E-state index in [1.807, 2.05) is 66.7 Å². The highest BCUT2D eigenvalue weighted by Gasteiger charge is 2.17. The third-order valence-electron chi connectivity index (χ3n) is 4.37. The van der Waals surface area contributed by atoms with Crippen molar-refractivity contribution in [2.75, 3.05) is 5.32 Å². The van der Waals surface area contributed by atoms with Gasteiger partial charge in [-0.25, -0.2) is 9.97 Å². The monoisotopic (exact) mass is 481 g/mol. The second-order valence-corrected chi connectivity index (χ2v) is 8.00. The molecule has 1 aromatic heterocycles. The summed E-state index contributed by atoms with van der Waals surface area (Å²) in [6.07, 6.45) is 0. The maximum absolute atomic E-state index is 11.7. The topological polar surface area (TPSA) is 64.1 Å². The van der Waals surface area contributed by atoms with Gasteiger partial charge in [0.15, 0.2) is 0 Å². The van der Waals surface area contributed by atoms with Crippen LogP contribution in [0.25, 0.3) is 22.3 Å². The summed E-state index contributed by atoms with van der Waals surface area (Å²) in [7, 11) is 0. The van der Waals surface area contributed by atoms with Gasteiger partial charge in [-0.05, 0) is 48.0 Å². The van der Waals surface area contributed by atoms with Crippen LogP contribution in [-0.2, 0) is 11.4 Å². The Bertz CT molecular complexity index is 1230. The average Bonchev–Trinajstić information content (AvgIpc) is 2.73. The molecule has 3 aromatic carbocycles. The highest BCUT2D eigenvalue weighted by Crippen LogP contribution is 2.36. The van der Waals surface area contributed by atoms with Gasteiger partial charge in [0.1, 0.15) is 12.3 Å². The first-order valence-electron chi connectivity index (χ1n) is 9.21. The van der Waals surface area contributed by atoms with Crippen LogP contribution in [0, 0.1) is 0 Å². The van der Waals surface area contributed by atoms with Gasteiger partial charge < -0.3 is 10.1 Å². The Morgan fingerprint density at radius 1 is 1.03 bits per heavy atom. The van der Waals surface area contributed by atoms with Crippen LogP contribution in [0.3, 0.4) is 0 Å². The van der Waals surface area contributed by atoms with Crippen LogP contribution in [0.1, 0.15) is 12.5 Å². The molecule has 30 heavy (non-hydrogen) atoms. The van der Waals surface area contributed by atoms with Crippen LogP contribution >= 0.6 is 27.5 Å². The first kappa shape index (κ1) is 20.3. The van der Waals surface area contributed by atoms with Crippen LogP contribution < -0.4 is 10.1 Å². The average molecular weight is 483 g/mol. The van der Waals surface area contributed by atoms with Gasteiger partial charge in [-0.1, -0.05) is 51.8 Å². The number of halogens is 2. The Morgan fingerprint density at radius 2 is 1.73 bits per heavy atom. The number of anilines is 1. The van der Waals surface area contributed by atoms with E-state index in [2.05, 4.69) is 21.2 Å². The molecule has 150 valence electrons. The molecule has 4 aromatic rings. The third kappa shape index (κ3) is 4.61. The molecule has 0 unspecified atom stereocenters. The second kappa shape index (κ2) is 8.81. The molecule has 0 atom stereocenters. The van der Waals surface area contributed by atoms with E-state index in [4.69, 9.17) is 26.3 Å². The van der Waals surface area contributed by atoms with E-state index in [1.165, 1.54) is 6.92 Å². The lowest BCUT2D eigenvalue weighted by Crippen LogP contribution is -2.08. The molecule has 0 saturated heterocycles. The summed E-state index contributed by atoms with van der Waals surface area (Å²) >= 11 is 9.47. The summed E-state index contributed by atoms with van der Waals surface area (Å²) in [6.45, 7) is 1.77. The molecule has 0 aliphatic carbocycles. The van der Waals surface area contributed by atoms with Gasteiger partial charge in [-0.3, -0.25) is 4.79 Å². The van der Waals surface area contributed by atoms with Crippen LogP contribution in [0.2, 0.25) is 5.02 Å². The Balaban J connectivity index is 1.82. The fourth-order valence-electron chi connectivity index (χ4n) is 3.00. The lowest BCUT2D eigenvalue weighted by molar-refractivity contribution is -0.114. The maximum Gasteiger partial charge on any atom is 0.241 e. The fraction of sp³-hybridized carbons (Fsp3) is 0.0870. The number of para-hydroxylation sites is 2. The number of carbonyl (C=O) groups is 1. The molecule has 0 radical (unpaired) electrons. The fourth-order valence-corrected chi connectivity index (χ4v) is 3.49. The molecule has 0 fully saturated rings. The van der Waals surface area contributed by atoms with Crippen LogP contribution in [0.4, 0.5) is 5.69 Å². The Morgan fingerprint density at radius 3 is 2.43 bits per heavy atom. The zero-order valence-corrected chi connectivity index (χ0v) is 18.4. The minimum atomic E-state index is -0.170. The van der Waals surface area contributed by atoms with Crippen molar-refractivity contribution in [1.82, 2.24) is 9.97 Å². The van der Waals surface area contributed by atoms with Crippen LogP contribution in [-0.4, -0.2) is 15.9 Å². The number of hydrogen-bond acceptors (Lipinski definition) is 4. The predicted octanol–water partition coefficient (Wildman–Crippen LogP) is 6.25. The van der Waals surface area contributed by atoms with Gasteiger partial charge in [0.2, 0.25) is 11.8 Å². The smallest absolute Gasteiger partial charge is 0.241 e. The van der Waals surface area contributed by atoms with Gasteiger partial charge >= 0.3 is 0 Å². The molecular weight excluding hydrogens is 466 g/mol. The first-order chi connectivity index (χ1) is 14.5. The molecule has 4 rings (SSSR count). The van der Waals surface area contributed by atoms with Crippen molar-refractivity contribution in [3.05, 3.63) is 81.8 Å². The Hall–Kier alpha value is -2.96. The molecule has 0 bridgehead atoms. The summed E-state index contributed by atoms with van der Waals surface area (Å²) in [4.78, 5) is 21.2. The number of fused-ring (bicyclic) bond motifs is 1.